The number of amides is 1. The molecule has 1 aromatic heterocycles. The van der Waals surface area contributed by atoms with Gasteiger partial charge in [0.2, 0.25) is 5.76 Å². The fourth-order valence-electron chi connectivity index (χ4n) is 2.49. The molecule has 0 radical (unpaired) electrons. The molecule has 0 aliphatic heterocycles. The third-order valence-electron chi connectivity index (χ3n) is 3.76. The van der Waals surface area contributed by atoms with E-state index in [0.717, 1.165) is 25.3 Å². The van der Waals surface area contributed by atoms with Crippen LogP contribution in [0, 0.1) is 5.92 Å². The van der Waals surface area contributed by atoms with Crippen molar-refractivity contribution in [2.45, 2.75) is 32.5 Å². The van der Waals surface area contributed by atoms with E-state index in [1.165, 1.54) is 12.1 Å². The zero-order valence-corrected chi connectivity index (χ0v) is 15.0. The van der Waals surface area contributed by atoms with Gasteiger partial charge in [0.25, 0.3) is 5.91 Å². The van der Waals surface area contributed by atoms with Crippen molar-refractivity contribution in [1.82, 2.24) is 10.5 Å². The molecule has 1 amide bonds. The molecule has 0 fully saturated rings. The molecular formula is C18H19F3N2O4. The number of benzene rings is 1. The normalized spacial score (nSPS) is 12.7. The average Bonchev–Trinajstić information content (AvgIpc) is 3.09. The van der Waals surface area contributed by atoms with Crippen molar-refractivity contribution >= 4 is 11.9 Å². The van der Waals surface area contributed by atoms with E-state index in [0.29, 0.717) is 12.0 Å². The highest BCUT2D eigenvalue weighted by Crippen LogP contribution is 2.32. The minimum absolute atomic E-state index is 0.104. The zero-order chi connectivity index (χ0) is 20.2. The molecule has 0 spiro atoms. The molecule has 0 saturated heterocycles. The SMILES string of the molecule is COC(=O)c1cc(C(=O)N[C@H](CC(C)C)c2cccc(C(F)(F)F)c2)no1. The van der Waals surface area contributed by atoms with Gasteiger partial charge in [0.15, 0.2) is 5.69 Å². The molecule has 0 aliphatic carbocycles. The molecule has 146 valence electrons. The largest absolute Gasteiger partial charge is 0.463 e. The molecule has 2 rings (SSSR count). The van der Waals surface area contributed by atoms with Gasteiger partial charge < -0.3 is 14.6 Å². The summed E-state index contributed by atoms with van der Waals surface area (Å²) in [6, 6.07) is 5.24. The Morgan fingerprint density at radius 1 is 1.26 bits per heavy atom. The average molecular weight is 384 g/mol. The van der Waals surface area contributed by atoms with Crippen LogP contribution in [-0.2, 0) is 10.9 Å². The van der Waals surface area contributed by atoms with Crippen LogP contribution >= 0.6 is 0 Å². The van der Waals surface area contributed by atoms with Crippen molar-refractivity contribution < 1.29 is 32.0 Å². The number of aromatic nitrogens is 1. The van der Waals surface area contributed by atoms with E-state index < -0.39 is 29.7 Å². The Hall–Kier alpha value is -2.84. The van der Waals surface area contributed by atoms with E-state index in [2.05, 4.69) is 15.2 Å². The predicted octanol–water partition coefficient (Wildman–Crippen LogP) is 4.00. The van der Waals surface area contributed by atoms with Crippen LogP contribution in [0.4, 0.5) is 13.2 Å². The number of nitrogens with zero attached hydrogens (tertiary/aromatic N) is 1. The van der Waals surface area contributed by atoms with Crippen LogP contribution < -0.4 is 5.32 Å². The number of methoxy groups -OCH3 is 1. The van der Waals surface area contributed by atoms with Crippen LogP contribution in [0.15, 0.2) is 34.9 Å². The van der Waals surface area contributed by atoms with Gasteiger partial charge in [0.1, 0.15) is 0 Å². The highest BCUT2D eigenvalue weighted by Gasteiger charge is 2.31. The molecule has 27 heavy (non-hydrogen) atoms. The zero-order valence-electron chi connectivity index (χ0n) is 15.0. The van der Waals surface area contributed by atoms with E-state index in [9.17, 15) is 22.8 Å². The van der Waals surface area contributed by atoms with Gasteiger partial charge in [0.05, 0.1) is 18.7 Å². The predicted molar refractivity (Wildman–Crippen MR) is 88.9 cm³/mol. The molecule has 0 aliphatic rings. The van der Waals surface area contributed by atoms with E-state index in [-0.39, 0.29) is 17.4 Å². The van der Waals surface area contributed by atoms with E-state index >= 15 is 0 Å². The number of nitrogens with one attached hydrogen (secondary N) is 1. The Kier molecular flexibility index (Phi) is 6.24. The van der Waals surface area contributed by atoms with Gasteiger partial charge in [-0.05, 0) is 30.0 Å². The van der Waals surface area contributed by atoms with Crippen LogP contribution in [0.25, 0.3) is 0 Å². The van der Waals surface area contributed by atoms with Gasteiger partial charge >= 0.3 is 12.1 Å². The Morgan fingerprint density at radius 3 is 2.56 bits per heavy atom. The van der Waals surface area contributed by atoms with Crippen LogP contribution in [0.3, 0.4) is 0 Å². The number of esters is 1. The minimum Gasteiger partial charge on any atom is -0.463 e. The van der Waals surface area contributed by atoms with Crippen molar-refractivity contribution in [3.05, 3.63) is 52.9 Å². The topological polar surface area (TPSA) is 81.4 Å². The van der Waals surface area contributed by atoms with E-state index in [4.69, 9.17) is 4.52 Å². The summed E-state index contributed by atoms with van der Waals surface area (Å²) < 4.78 is 48.1. The molecule has 6 nitrogen and oxygen atoms in total. The second-order valence-electron chi connectivity index (χ2n) is 6.35. The summed E-state index contributed by atoms with van der Waals surface area (Å²) in [7, 11) is 1.15. The molecule has 1 N–H and O–H groups in total. The van der Waals surface area contributed by atoms with Crippen LogP contribution in [0.2, 0.25) is 0 Å². The molecule has 1 atom stereocenters. The number of hydrogen-bond acceptors (Lipinski definition) is 5. The number of alkyl halides is 3. The second kappa shape index (κ2) is 8.24. The number of carbonyl (C=O) groups is 2. The Morgan fingerprint density at radius 2 is 1.96 bits per heavy atom. The van der Waals surface area contributed by atoms with Gasteiger partial charge in [-0.25, -0.2) is 4.79 Å². The monoisotopic (exact) mass is 384 g/mol. The molecule has 1 heterocycles. The maximum absolute atomic E-state index is 13.0. The fraction of sp³-hybridized carbons (Fsp3) is 0.389. The number of carbonyl (C=O) groups excluding carboxylic acids is 2. The van der Waals surface area contributed by atoms with Crippen molar-refractivity contribution in [1.29, 1.82) is 0 Å². The number of ether oxygens (including phenoxy) is 1. The summed E-state index contributed by atoms with van der Waals surface area (Å²) >= 11 is 0. The Balaban J connectivity index is 2.25. The summed E-state index contributed by atoms with van der Waals surface area (Å²) in [6.45, 7) is 3.77. The van der Waals surface area contributed by atoms with Crippen molar-refractivity contribution in [2.75, 3.05) is 7.11 Å². The molecule has 2 aromatic rings. The van der Waals surface area contributed by atoms with E-state index in [1.54, 1.807) is 0 Å². The first kappa shape index (κ1) is 20.5. The van der Waals surface area contributed by atoms with E-state index in [1.807, 2.05) is 13.8 Å². The third-order valence-corrected chi connectivity index (χ3v) is 3.76. The molecule has 0 bridgehead atoms. The molecule has 0 saturated carbocycles. The van der Waals surface area contributed by atoms with Crippen LogP contribution in [0.5, 0.6) is 0 Å². The Labute approximate surface area is 153 Å². The number of halogens is 3. The lowest BCUT2D eigenvalue weighted by Crippen LogP contribution is -2.30. The lowest BCUT2D eigenvalue weighted by atomic mass is 9.95. The number of hydrogen-bond donors (Lipinski definition) is 1. The summed E-state index contributed by atoms with van der Waals surface area (Å²) in [5, 5.41) is 6.15. The van der Waals surface area contributed by atoms with Crippen molar-refractivity contribution in [2.24, 2.45) is 5.92 Å². The molecule has 9 heteroatoms. The molecule has 0 unspecified atom stereocenters. The molecular weight excluding hydrogens is 365 g/mol. The lowest BCUT2D eigenvalue weighted by Gasteiger charge is -2.21. The number of rotatable bonds is 6. The van der Waals surface area contributed by atoms with Crippen molar-refractivity contribution in [3.63, 3.8) is 0 Å². The van der Waals surface area contributed by atoms with Gasteiger partial charge in [-0.1, -0.05) is 31.1 Å². The van der Waals surface area contributed by atoms with Crippen LogP contribution in [-0.4, -0.2) is 24.1 Å². The van der Waals surface area contributed by atoms with Gasteiger partial charge in [-0.15, -0.1) is 0 Å². The first-order valence-electron chi connectivity index (χ1n) is 8.15. The van der Waals surface area contributed by atoms with Gasteiger partial charge in [-0.2, -0.15) is 13.2 Å². The highest BCUT2D eigenvalue weighted by atomic mass is 19.4. The fourth-order valence-corrected chi connectivity index (χ4v) is 2.49. The first-order valence-corrected chi connectivity index (χ1v) is 8.15. The molecule has 1 aromatic carbocycles. The second-order valence-corrected chi connectivity index (χ2v) is 6.35. The van der Waals surface area contributed by atoms with Gasteiger partial charge in [0, 0.05) is 6.07 Å². The third kappa shape index (κ3) is 5.32. The summed E-state index contributed by atoms with van der Waals surface area (Å²) in [5.74, 6) is -1.61. The Bertz CT molecular complexity index is 815. The minimum atomic E-state index is -4.48. The maximum atomic E-state index is 13.0. The first-order chi connectivity index (χ1) is 12.6. The smallest absolute Gasteiger partial charge is 0.416 e. The standard InChI is InChI=1S/C18H19F3N2O4/c1-10(2)7-13(11-5-4-6-12(8-11)18(19,20)21)22-16(24)14-9-15(27-23-14)17(25)26-3/h4-6,8-10,13H,7H2,1-3H3,(H,22,24)/t13-/m1/s1. The highest BCUT2D eigenvalue weighted by molar-refractivity contribution is 5.95. The lowest BCUT2D eigenvalue weighted by molar-refractivity contribution is -0.137. The summed E-state index contributed by atoms with van der Waals surface area (Å²) in [4.78, 5) is 23.8. The van der Waals surface area contributed by atoms with Crippen LogP contribution in [0.1, 0.15) is 58.5 Å². The quantitative estimate of drug-likeness (QED) is 0.762. The van der Waals surface area contributed by atoms with Gasteiger partial charge in [-0.3, -0.25) is 4.79 Å². The maximum Gasteiger partial charge on any atom is 0.416 e. The summed E-state index contributed by atoms with van der Waals surface area (Å²) in [6.07, 6.45) is -4.07. The van der Waals surface area contributed by atoms with Crippen molar-refractivity contribution in [3.8, 4) is 0 Å². The summed E-state index contributed by atoms with van der Waals surface area (Å²) in [5.41, 5.74) is -0.642.